The number of phosphoric ester groups is 2. The monoisotopic (exact) mass is 1440 g/mol. The van der Waals surface area contributed by atoms with Gasteiger partial charge in [0.1, 0.15) is 19.3 Å². The maximum Gasteiger partial charge on any atom is 0.472 e. The van der Waals surface area contributed by atoms with Gasteiger partial charge in [0.15, 0.2) is 12.2 Å². The molecule has 0 aromatic carbocycles. The number of rotatable bonds is 77. The maximum absolute atomic E-state index is 13.1. The summed E-state index contributed by atoms with van der Waals surface area (Å²) in [6, 6.07) is 0. The first-order chi connectivity index (χ1) is 47.3. The van der Waals surface area contributed by atoms with E-state index in [2.05, 4.69) is 48.5 Å². The van der Waals surface area contributed by atoms with Gasteiger partial charge in [0.25, 0.3) is 0 Å². The predicted octanol–water partition coefficient (Wildman–Crippen LogP) is 23.4. The van der Waals surface area contributed by atoms with Crippen LogP contribution in [0.25, 0.3) is 0 Å². The summed E-state index contributed by atoms with van der Waals surface area (Å²) in [6.45, 7) is 11.9. The molecule has 0 rings (SSSR count). The molecule has 0 heterocycles. The highest BCUT2D eigenvalue weighted by atomic mass is 31.2. The lowest BCUT2D eigenvalue weighted by atomic mass is 9.99. The van der Waals surface area contributed by atoms with Gasteiger partial charge in [0, 0.05) is 25.7 Å². The molecular formula is C79H154O17P2. The average Bonchev–Trinajstić information content (AvgIpc) is 1.04. The molecule has 0 spiro atoms. The Labute approximate surface area is 600 Å². The van der Waals surface area contributed by atoms with E-state index in [1.165, 1.54) is 212 Å². The zero-order valence-corrected chi connectivity index (χ0v) is 66.0. The van der Waals surface area contributed by atoms with E-state index in [1.54, 1.807) is 0 Å². The van der Waals surface area contributed by atoms with Gasteiger partial charge in [-0.05, 0) is 43.4 Å². The molecule has 17 nitrogen and oxygen atoms in total. The molecule has 0 aliphatic heterocycles. The Morgan fingerprint density at radius 2 is 0.520 bits per heavy atom. The van der Waals surface area contributed by atoms with E-state index in [1.807, 2.05) is 0 Å². The van der Waals surface area contributed by atoms with Crippen molar-refractivity contribution in [1.82, 2.24) is 0 Å². The van der Waals surface area contributed by atoms with Crippen molar-refractivity contribution in [2.75, 3.05) is 39.6 Å². The third kappa shape index (κ3) is 71.1. The van der Waals surface area contributed by atoms with Crippen LogP contribution < -0.4 is 0 Å². The third-order valence-electron chi connectivity index (χ3n) is 18.7. The topological polar surface area (TPSA) is 237 Å². The maximum atomic E-state index is 13.1. The van der Waals surface area contributed by atoms with Crippen LogP contribution in [0.4, 0.5) is 0 Å². The first-order valence-corrected chi connectivity index (χ1v) is 43.9. The Bertz CT molecular complexity index is 1910. The minimum Gasteiger partial charge on any atom is -0.462 e. The molecule has 582 valence electrons. The highest BCUT2D eigenvalue weighted by molar-refractivity contribution is 7.47. The quantitative estimate of drug-likeness (QED) is 0.0222. The number of hydrogen-bond donors (Lipinski definition) is 3. The van der Waals surface area contributed by atoms with Crippen molar-refractivity contribution in [3.8, 4) is 0 Å². The highest BCUT2D eigenvalue weighted by Gasteiger charge is 2.30. The molecule has 0 amide bonds. The zero-order valence-electron chi connectivity index (χ0n) is 64.3. The van der Waals surface area contributed by atoms with Crippen LogP contribution in [0.15, 0.2) is 0 Å². The lowest BCUT2D eigenvalue weighted by Crippen LogP contribution is -2.30. The summed E-state index contributed by atoms with van der Waals surface area (Å²) in [5, 5.41) is 10.6. The number of aliphatic hydroxyl groups is 1. The van der Waals surface area contributed by atoms with Crippen LogP contribution in [0, 0.1) is 17.8 Å². The van der Waals surface area contributed by atoms with E-state index < -0.39 is 97.5 Å². The number of aliphatic hydroxyl groups excluding tert-OH is 1. The minimum absolute atomic E-state index is 0.105. The van der Waals surface area contributed by atoms with Crippen LogP contribution >= 0.6 is 15.6 Å². The summed E-state index contributed by atoms with van der Waals surface area (Å²) < 4.78 is 68.6. The van der Waals surface area contributed by atoms with E-state index >= 15 is 0 Å². The fourth-order valence-electron chi connectivity index (χ4n) is 12.1. The molecule has 0 saturated heterocycles. The predicted molar refractivity (Wildman–Crippen MR) is 400 cm³/mol. The number of unbranched alkanes of at least 4 members (excludes halogenated alkanes) is 44. The Balaban J connectivity index is 5.22. The van der Waals surface area contributed by atoms with E-state index in [0.717, 1.165) is 108 Å². The highest BCUT2D eigenvalue weighted by Crippen LogP contribution is 2.45. The zero-order chi connectivity index (χ0) is 72.3. The fraction of sp³-hybridized carbons (Fsp3) is 0.949. The molecule has 3 N–H and O–H groups in total. The van der Waals surface area contributed by atoms with Crippen LogP contribution in [0.1, 0.15) is 408 Å². The molecule has 0 aliphatic carbocycles. The Kier molecular flexibility index (Phi) is 68.1. The number of hydrogen-bond acceptors (Lipinski definition) is 15. The summed E-state index contributed by atoms with van der Waals surface area (Å²) in [7, 11) is -9.92. The van der Waals surface area contributed by atoms with Gasteiger partial charge >= 0.3 is 39.5 Å². The smallest absolute Gasteiger partial charge is 0.462 e. The summed E-state index contributed by atoms with van der Waals surface area (Å²) in [5.41, 5.74) is 0. The Hall–Kier alpha value is -1.94. The van der Waals surface area contributed by atoms with Gasteiger partial charge in [-0.3, -0.25) is 37.3 Å². The summed E-state index contributed by atoms with van der Waals surface area (Å²) >= 11 is 0. The Morgan fingerprint density at radius 3 is 0.776 bits per heavy atom. The number of carbonyl (C=O) groups excluding carboxylic acids is 4. The van der Waals surface area contributed by atoms with Gasteiger partial charge < -0.3 is 33.8 Å². The van der Waals surface area contributed by atoms with Gasteiger partial charge in [-0.25, -0.2) is 9.13 Å². The summed E-state index contributed by atoms with van der Waals surface area (Å²) in [5.74, 6) is 0.148. The molecule has 6 atom stereocenters. The first kappa shape index (κ1) is 96.1. The van der Waals surface area contributed by atoms with Crippen LogP contribution in [-0.4, -0.2) is 96.7 Å². The SMILES string of the molecule is CCCCCCCCCCCCCCCCCCCCCCC(=O)O[C@H](COC(=O)CCCCCCCCCCCCCCC(C)C)COP(=O)(O)OC[C@@H](O)COP(=O)(O)OC[C@@H](COC(=O)CCCCCCCCC(C)C)OC(=O)CCCCCCCCCCCCC(C)CC. The molecule has 19 heteroatoms. The molecule has 0 fully saturated rings. The second-order valence-corrected chi connectivity index (χ2v) is 32.6. The van der Waals surface area contributed by atoms with E-state index in [9.17, 15) is 43.2 Å². The van der Waals surface area contributed by atoms with Crippen molar-refractivity contribution in [3.05, 3.63) is 0 Å². The number of ether oxygens (including phenoxy) is 4. The lowest BCUT2D eigenvalue weighted by molar-refractivity contribution is -0.161. The molecule has 0 aromatic heterocycles. The van der Waals surface area contributed by atoms with Gasteiger partial charge in [-0.1, -0.05) is 357 Å². The molecule has 0 aliphatic rings. The summed E-state index contributed by atoms with van der Waals surface area (Å²) in [6.07, 6.45) is 57.0. The number of carbonyl (C=O) groups is 4. The van der Waals surface area contributed by atoms with Crippen molar-refractivity contribution in [3.63, 3.8) is 0 Å². The Morgan fingerprint density at radius 1 is 0.296 bits per heavy atom. The van der Waals surface area contributed by atoms with Crippen molar-refractivity contribution < 1.29 is 80.2 Å². The van der Waals surface area contributed by atoms with Gasteiger partial charge in [0.2, 0.25) is 0 Å². The third-order valence-corrected chi connectivity index (χ3v) is 20.6. The van der Waals surface area contributed by atoms with Gasteiger partial charge in [0.05, 0.1) is 26.4 Å². The molecule has 0 bridgehead atoms. The van der Waals surface area contributed by atoms with Gasteiger partial charge in [-0.2, -0.15) is 0 Å². The molecule has 98 heavy (non-hydrogen) atoms. The van der Waals surface area contributed by atoms with Crippen LogP contribution in [0.3, 0.4) is 0 Å². The van der Waals surface area contributed by atoms with Crippen molar-refractivity contribution in [2.24, 2.45) is 17.8 Å². The van der Waals surface area contributed by atoms with Crippen molar-refractivity contribution in [1.29, 1.82) is 0 Å². The molecule has 0 aromatic rings. The lowest BCUT2D eigenvalue weighted by Gasteiger charge is -2.21. The fourth-order valence-corrected chi connectivity index (χ4v) is 13.7. The van der Waals surface area contributed by atoms with Crippen LogP contribution in [0.2, 0.25) is 0 Å². The van der Waals surface area contributed by atoms with E-state index in [4.69, 9.17) is 37.0 Å². The summed E-state index contributed by atoms with van der Waals surface area (Å²) in [4.78, 5) is 72.9. The number of phosphoric acid groups is 2. The van der Waals surface area contributed by atoms with E-state index in [0.29, 0.717) is 31.6 Å². The van der Waals surface area contributed by atoms with Crippen LogP contribution in [-0.2, 0) is 65.4 Å². The second-order valence-electron chi connectivity index (χ2n) is 29.6. The van der Waals surface area contributed by atoms with Gasteiger partial charge in [-0.15, -0.1) is 0 Å². The molecule has 0 radical (unpaired) electrons. The second kappa shape index (κ2) is 69.4. The minimum atomic E-state index is -4.96. The normalized spacial score (nSPS) is 14.3. The molecular weight excluding hydrogens is 1280 g/mol. The average molecular weight is 1440 g/mol. The van der Waals surface area contributed by atoms with E-state index in [-0.39, 0.29) is 25.7 Å². The molecule has 3 unspecified atom stereocenters. The standard InChI is InChI=1S/C79H154O17P2/c1-8-10-11-12-13-14-15-16-17-18-19-20-21-22-23-28-34-39-48-55-62-78(83)95-74(66-89-76(81)60-53-46-38-33-27-25-24-26-31-36-43-50-57-70(3)4)68-93-97(85,86)91-64-73(80)65-92-98(87,88)94-69-75(67-90-77(82)61-54-47-42-41-44-51-58-71(5)6)96-79(84)63-56-49-40-35-30-29-32-37-45-52-59-72(7)9-2/h70-75,80H,8-69H2,1-7H3,(H,85,86)(H,87,88)/t72?,73-,74-,75-/m1/s1. The number of esters is 4. The first-order valence-electron chi connectivity index (χ1n) is 40.9. The molecule has 0 saturated carbocycles. The largest absolute Gasteiger partial charge is 0.472 e. The van der Waals surface area contributed by atoms with Crippen LogP contribution in [0.5, 0.6) is 0 Å². The van der Waals surface area contributed by atoms with Crippen molar-refractivity contribution in [2.45, 2.75) is 426 Å². The van der Waals surface area contributed by atoms with Crippen molar-refractivity contribution >= 4 is 39.5 Å².